The van der Waals surface area contributed by atoms with Gasteiger partial charge in [-0.1, -0.05) is 42.5 Å². The lowest BCUT2D eigenvalue weighted by Gasteiger charge is -2.11. The van der Waals surface area contributed by atoms with Crippen LogP contribution in [0, 0.1) is 0 Å². The van der Waals surface area contributed by atoms with Crippen molar-refractivity contribution < 1.29 is 17.6 Å². The van der Waals surface area contributed by atoms with E-state index in [1.54, 1.807) is 24.4 Å². The number of hydrogen-bond acceptors (Lipinski definition) is 2. The maximum Gasteiger partial charge on any atom is 0.433 e. The quantitative estimate of drug-likeness (QED) is 0.381. The van der Waals surface area contributed by atoms with Crippen LogP contribution in [-0.2, 0) is 12.9 Å². The van der Waals surface area contributed by atoms with Gasteiger partial charge in [0.05, 0.1) is 11.4 Å². The Morgan fingerprint density at radius 1 is 0.750 bits per heavy atom. The van der Waals surface area contributed by atoms with Crippen LogP contribution in [0.5, 0.6) is 0 Å². The highest BCUT2D eigenvalue weighted by atomic mass is 19.4. The molecule has 0 atom stereocenters. The highest BCUT2D eigenvalue weighted by Crippen LogP contribution is 2.33. The number of hydrogen-bond donors (Lipinski definition) is 0. The van der Waals surface area contributed by atoms with Crippen molar-refractivity contribution in [2.24, 2.45) is 0 Å². The normalized spacial score (nSPS) is 11.7. The Morgan fingerprint density at radius 3 is 2.25 bits per heavy atom. The smallest absolute Gasteiger partial charge is 0.256 e. The molecule has 0 aliphatic rings. The van der Waals surface area contributed by atoms with Crippen molar-refractivity contribution in [3.8, 4) is 22.4 Å². The van der Waals surface area contributed by atoms with Crippen LogP contribution in [0.15, 0.2) is 72.9 Å². The maximum absolute atomic E-state index is 13.1. The molecule has 4 rings (SSSR count). The zero-order chi connectivity index (χ0) is 19.7. The Morgan fingerprint density at radius 2 is 1.50 bits per heavy atom. The van der Waals surface area contributed by atoms with Crippen molar-refractivity contribution in [3.63, 3.8) is 0 Å². The average molecular weight is 382 g/mol. The van der Waals surface area contributed by atoms with Crippen molar-refractivity contribution in [1.82, 2.24) is 9.97 Å². The molecular formula is C22H14F4N2. The Bertz CT molecular complexity index is 1150. The van der Waals surface area contributed by atoms with Gasteiger partial charge in [0, 0.05) is 17.1 Å². The molecule has 0 spiro atoms. The SMILES string of the molecule is FCc1cc(-c2cccc(-c3cc4ccccc4cn3)c2)cc(C(F)(F)F)n1. The molecule has 0 aliphatic heterocycles. The Balaban J connectivity index is 1.80. The van der Waals surface area contributed by atoms with Gasteiger partial charge in [0.15, 0.2) is 0 Å². The van der Waals surface area contributed by atoms with Crippen molar-refractivity contribution in [3.05, 3.63) is 84.3 Å². The molecule has 0 aliphatic carbocycles. The van der Waals surface area contributed by atoms with E-state index in [0.717, 1.165) is 22.4 Å². The highest BCUT2D eigenvalue weighted by molar-refractivity contribution is 5.85. The van der Waals surface area contributed by atoms with E-state index < -0.39 is 18.5 Å². The lowest BCUT2D eigenvalue weighted by atomic mass is 10.00. The van der Waals surface area contributed by atoms with Crippen molar-refractivity contribution in [1.29, 1.82) is 0 Å². The summed E-state index contributed by atoms with van der Waals surface area (Å²) in [5.41, 5.74) is 0.908. The molecule has 2 nitrogen and oxygen atoms in total. The largest absolute Gasteiger partial charge is 0.433 e. The third-order valence-electron chi connectivity index (χ3n) is 4.43. The van der Waals surface area contributed by atoms with Gasteiger partial charge in [0.25, 0.3) is 0 Å². The summed E-state index contributed by atoms with van der Waals surface area (Å²) in [6.07, 6.45) is -2.88. The fourth-order valence-corrected chi connectivity index (χ4v) is 3.07. The van der Waals surface area contributed by atoms with Crippen LogP contribution in [-0.4, -0.2) is 9.97 Å². The van der Waals surface area contributed by atoms with E-state index in [0.29, 0.717) is 11.3 Å². The van der Waals surface area contributed by atoms with Gasteiger partial charge in [-0.15, -0.1) is 0 Å². The third-order valence-corrected chi connectivity index (χ3v) is 4.43. The Labute approximate surface area is 158 Å². The number of halogens is 4. The van der Waals surface area contributed by atoms with Gasteiger partial charge in [-0.05, 0) is 40.8 Å². The lowest BCUT2D eigenvalue weighted by molar-refractivity contribution is -0.141. The zero-order valence-electron chi connectivity index (χ0n) is 14.5. The predicted octanol–water partition coefficient (Wildman–Crippen LogP) is 6.45. The number of alkyl halides is 4. The van der Waals surface area contributed by atoms with E-state index in [9.17, 15) is 17.6 Å². The first-order chi connectivity index (χ1) is 13.4. The van der Waals surface area contributed by atoms with E-state index in [2.05, 4.69) is 9.97 Å². The van der Waals surface area contributed by atoms with Crippen molar-refractivity contribution >= 4 is 10.8 Å². The minimum absolute atomic E-state index is 0.251. The van der Waals surface area contributed by atoms with Crippen LogP contribution in [0.1, 0.15) is 11.4 Å². The molecule has 4 aromatic rings. The van der Waals surface area contributed by atoms with E-state index in [-0.39, 0.29) is 11.3 Å². The minimum Gasteiger partial charge on any atom is -0.256 e. The van der Waals surface area contributed by atoms with Gasteiger partial charge in [-0.25, -0.2) is 9.37 Å². The molecule has 140 valence electrons. The summed E-state index contributed by atoms with van der Waals surface area (Å²) < 4.78 is 52.3. The van der Waals surface area contributed by atoms with E-state index in [1.807, 2.05) is 36.4 Å². The minimum atomic E-state index is -4.64. The zero-order valence-corrected chi connectivity index (χ0v) is 14.5. The number of fused-ring (bicyclic) bond motifs is 1. The Kier molecular flexibility index (Phi) is 4.55. The second-order valence-corrected chi connectivity index (χ2v) is 6.36. The van der Waals surface area contributed by atoms with Gasteiger partial charge in [-0.2, -0.15) is 13.2 Å². The lowest BCUT2D eigenvalue weighted by Crippen LogP contribution is -2.09. The molecule has 0 saturated carbocycles. The third kappa shape index (κ3) is 3.58. The van der Waals surface area contributed by atoms with Gasteiger partial charge in [0.2, 0.25) is 0 Å². The van der Waals surface area contributed by atoms with Crippen LogP contribution in [0.3, 0.4) is 0 Å². The first kappa shape index (κ1) is 18.1. The van der Waals surface area contributed by atoms with Crippen LogP contribution in [0.4, 0.5) is 17.6 Å². The molecule has 0 bridgehead atoms. The molecule has 6 heteroatoms. The number of nitrogens with zero attached hydrogens (tertiary/aromatic N) is 2. The summed E-state index contributed by atoms with van der Waals surface area (Å²) in [5.74, 6) is 0. The van der Waals surface area contributed by atoms with Crippen LogP contribution in [0.2, 0.25) is 0 Å². The fraction of sp³-hybridized carbons (Fsp3) is 0.0909. The molecule has 2 aromatic carbocycles. The summed E-state index contributed by atoms with van der Waals surface area (Å²) in [6, 6.07) is 19.0. The summed E-state index contributed by atoms with van der Waals surface area (Å²) in [4.78, 5) is 7.80. The number of pyridine rings is 2. The summed E-state index contributed by atoms with van der Waals surface area (Å²) in [5, 5.41) is 2.01. The van der Waals surface area contributed by atoms with Crippen LogP contribution < -0.4 is 0 Å². The van der Waals surface area contributed by atoms with Crippen molar-refractivity contribution in [2.75, 3.05) is 0 Å². The first-order valence-corrected chi connectivity index (χ1v) is 8.54. The molecule has 28 heavy (non-hydrogen) atoms. The molecule has 2 aromatic heterocycles. The Hall–Kier alpha value is -3.28. The van der Waals surface area contributed by atoms with Crippen molar-refractivity contribution in [2.45, 2.75) is 12.9 Å². The maximum atomic E-state index is 13.1. The van der Waals surface area contributed by atoms with Gasteiger partial charge in [-0.3, -0.25) is 4.98 Å². The van der Waals surface area contributed by atoms with Gasteiger partial charge < -0.3 is 0 Å². The second kappa shape index (κ2) is 7.03. The molecule has 2 heterocycles. The number of aromatic nitrogens is 2. The number of rotatable bonds is 3. The first-order valence-electron chi connectivity index (χ1n) is 8.54. The fourth-order valence-electron chi connectivity index (χ4n) is 3.07. The van der Waals surface area contributed by atoms with Gasteiger partial charge >= 0.3 is 6.18 Å². The second-order valence-electron chi connectivity index (χ2n) is 6.36. The summed E-state index contributed by atoms with van der Waals surface area (Å²) >= 11 is 0. The monoisotopic (exact) mass is 382 g/mol. The molecule has 0 fully saturated rings. The van der Waals surface area contributed by atoms with Gasteiger partial charge in [0.1, 0.15) is 12.4 Å². The summed E-state index contributed by atoms with van der Waals surface area (Å²) in [7, 11) is 0. The van der Waals surface area contributed by atoms with Crippen LogP contribution in [0.25, 0.3) is 33.2 Å². The average Bonchev–Trinajstić information content (AvgIpc) is 2.72. The highest BCUT2D eigenvalue weighted by Gasteiger charge is 2.33. The van der Waals surface area contributed by atoms with E-state index in [4.69, 9.17) is 0 Å². The van der Waals surface area contributed by atoms with E-state index in [1.165, 1.54) is 6.07 Å². The summed E-state index contributed by atoms with van der Waals surface area (Å²) in [6.45, 7) is -1.07. The number of benzene rings is 2. The molecule has 0 saturated heterocycles. The molecule has 0 radical (unpaired) electrons. The molecule has 0 amide bonds. The topological polar surface area (TPSA) is 25.8 Å². The predicted molar refractivity (Wildman–Crippen MR) is 100 cm³/mol. The molecular weight excluding hydrogens is 368 g/mol. The van der Waals surface area contributed by atoms with E-state index >= 15 is 0 Å². The van der Waals surface area contributed by atoms with Crippen LogP contribution >= 0.6 is 0 Å². The molecule has 0 N–H and O–H groups in total. The molecule has 0 unspecified atom stereocenters. The standard InChI is InChI=1S/C22H14F4N2/c23-12-19-9-18(11-21(28-19)22(24,25)26)14-6-3-7-16(8-14)20-10-15-4-1-2-5-17(15)13-27-20/h1-11,13H,12H2.